The van der Waals surface area contributed by atoms with Crippen LogP contribution in [0.5, 0.6) is 5.75 Å². The summed E-state index contributed by atoms with van der Waals surface area (Å²) in [7, 11) is 2.80. The van der Waals surface area contributed by atoms with Gasteiger partial charge in [0.1, 0.15) is 11.4 Å². The van der Waals surface area contributed by atoms with E-state index < -0.39 is 30.9 Å². The Morgan fingerprint density at radius 1 is 1.08 bits per heavy atom. The van der Waals surface area contributed by atoms with Crippen LogP contribution in [0.25, 0.3) is 33.3 Å². The number of nitrogens with one attached hydrogen (secondary N) is 2. The van der Waals surface area contributed by atoms with Crippen LogP contribution in [0.1, 0.15) is 16.8 Å². The van der Waals surface area contributed by atoms with Crippen molar-refractivity contribution in [2.24, 2.45) is 0 Å². The van der Waals surface area contributed by atoms with E-state index in [9.17, 15) is 18.4 Å². The van der Waals surface area contributed by atoms with Crippen molar-refractivity contribution >= 4 is 28.7 Å². The Bertz CT molecular complexity index is 1500. The van der Waals surface area contributed by atoms with Crippen LogP contribution in [0, 0.1) is 0 Å². The van der Waals surface area contributed by atoms with E-state index in [0.717, 1.165) is 21.4 Å². The summed E-state index contributed by atoms with van der Waals surface area (Å²) in [4.78, 5) is 33.9. The van der Waals surface area contributed by atoms with E-state index in [2.05, 4.69) is 20.0 Å². The molecule has 1 aliphatic heterocycles. The molecule has 0 bridgehead atoms. The van der Waals surface area contributed by atoms with Gasteiger partial charge in [-0.25, -0.2) is 18.6 Å². The largest absolute Gasteiger partial charge is 0.496 e. The normalized spacial score (nSPS) is 14.5. The number of nitrogens with zero attached hydrogens (tertiary/aromatic N) is 2. The molecule has 0 spiro atoms. The van der Waals surface area contributed by atoms with Crippen molar-refractivity contribution in [1.82, 2.24) is 14.9 Å². The molecule has 1 aliphatic rings. The van der Waals surface area contributed by atoms with Crippen LogP contribution in [0.4, 0.5) is 19.3 Å². The van der Waals surface area contributed by atoms with E-state index >= 15 is 0 Å². The third kappa shape index (κ3) is 4.69. The molecule has 0 saturated carbocycles. The number of hydrogen-bond donors (Lipinski definition) is 2. The first-order valence-corrected chi connectivity index (χ1v) is 11.6. The number of aromatic amines is 1. The Labute approximate surface area is 211 Å². The van der Waals surface area contributed by atoms with E-state index in [1.807, 2.05) is 36.5 Å². The summed E-state index contributed by atoms with van der Waals surface area (Å²) in [5.41, 5.74) is 4.03. The van der Waals surface area contributed by atoms with Crippen LogP contribution in [-0.2, 0) is 4.74 Å². The Balaban J connectivity index is 1.58. The molecular formula is C27H24F2N4O4. The van der Waals surface area contributed by atoms with Gasteiger partial charge in [-0.2, -0.15) is 0 Å². The number of fused-ring (bicyclic) bond motifs is 1. The van der Waals surface area contributed by atoms with Crippen molar-refractivity contribution in [3.63, 3.8) is 0 Å². The molecule has 4 aromatic rings. The third-order valence-corrected chi connectivity index (χ3v) is 6.39. The summed E-state index contributed by atoms with van der Waals surface area (Å²) >= 11 is 0. The second kappa shape index (κ2) is 9.53. The van der Waals surface area contributed by atoms with Gasteiger partial charge in [-0.05, 0) is 29.8 Å². The highest BCUT2D eigenvalue weighted by Crippen LogP contribution is 2.37. The van der Waals surface area contributed by atoms with Gasteiger partial charge in [0.05, 0.1) is 32.0 Å². The molecule has 2 N–H and O–H groups in total. The van der Waals surface area contributed by atoms with Gasteiger partial charge in [-0.15, -0.1) is 0 Å². The molecule has 0 unspecified atom stereocenters. The average Bonchev–Trinajstić information content (AvgIpc) is 3.50. The molecule has 1 saturated heterocycles. The van der Waals surface area contributed by atoms with E-state index in [4.69, 9.17) is 4.74 Å². The number of rotatable bonds is 5. The number of H-pyrrole nitrogens is 1. The number of amides is 2. The lowest BCUT2D eigenvalue weighted by molar-refractivity contribution is 0.0120. The van der Waals surface area contributed by atoms with Crippen LogP contribution in [0.3, 0.4) is 0 Å². The second-order valence-electron chi connectivity index (χ2n) is 8.73. The molecule has 2 aromatic heterocycles. The van der Waals surface area contributed by atoms with E-state index in [1.165, 1.54) is 7.11 Å². The topological polar surface area (TPSA) is 96.5 Å². The molecule has 10 heteroatoms. The van der Waals surface area contributed by atoms with Crippen LogP contribution in [-0.4, -0.2) is 60.1 Å². The summed E-state index contributed by atoms with van der Waals surface area (Å²) < 4.78 is 37.8. The average molecular weight is 507 g/mol. The van der Waals surface area contributed by atoms with E-state index in [-0.39, 0.29) is 17.8 Å². The lowest BCUT2D eigenvalue weighted by Crippen LogP contribution is -2.32. The van der Waals surface area contributed by atoms with Crippen LogP contribution >= 0.6 is 0 Å². The van der Waals surface area contributed by atoms with Crippen molar-refractivity contribution < 1.29 is 27.8 Å². The zero-order valence-electron chi connectivity index (χ0n) is 20.2. The summed E-state index contributed by atoms with van der Waals surface area (Å²) in [6, 6.07) is 14.4. The molecule has 5 rings (SSSR count). The van der Waals surface area contributed by atoms with E-state index in [0.29, 0.717) is 22.5 Å². The summed E-state index contributed by atoms with van der Waals surface area (Å²) in [6.07, 6.45) is 2.33. The number of benzene rings is 2. The highest BCUT2D eigenvalue weighted by atomic mass is 19.3. The zero-order valence-corrected chi connectivity index (χ0v) is 20.2. The van der Waals surface area contributed by atoms with Gasteiger partial charge in [0.2, 0.25) is 0 Å². The number of likely N-dealkylation sites (tertiary alicyclic amines) is 1. The molecule has 0 radical (unpaired) electrons. The predicted octanol–water partition coefficient (Wildman–Crippen LogP) is 5.57. The molecule has 8 nitrogen and oxygen atoms in total. The first kappa shape index (κ1) is 24.2. The maximum Gasteiger partial charge on any atom is 0.411 e. The highest BCUT2D eigenvalue weighted by molar-refractivity contribution is 6.04. The van der Waals surface area contributed by atoms with Gasteiger partial charge < -0.3 is 19.4 Å². The van der Waals surface area contributed by atoms with Gasteiger partial charge in [0, 0.05) is 47.4 Å². The number of aromatic nitrogens is 2. The second-order valence-corrected chi connectivity index (χ2v) is 8.73. The molecular weight excluding hydrogens is 482 g/mol. The molecule has 2 aromatic carbocycles. The maximum absolute atomic E-state index is 13.8. The number of carbonyl (C=O) groups is 2. The number of halogens is 2. The highest BCUT2D eigenvalue weighted by Gasteiger charge is 2.41. The number of pyridine rings is 1. The third-order valence-electron chi connectivity index (χ3n) is 6.39. The van der Waals surface area contributed by atoms with Crippen molar-refractivity contribution in [1.29, 1.82) is 0 Å². The minimum atomic E-state index is -2.94. The van der Waals surface area contributed by atoms with Crippen molar-refractivity contribution in [2.45, 2.75) is 12.3 Å². The smallest absolute Gasteiger partial charge is 0.411 e. The number of alkyl halides is 2. The molecule has 2 amide bonds. The van der Waals surface area contributed by atoms with Gasteiger partial charge >= 0.3 is 6.09 Å². The van der Waals surface area contributed by atoms with Crippen molar-refractivity contribution in [3.8, 4) is 28.0 Å². The molecule has 1 fully saturated rings. The number of para-hydroxylation sites is 1. The molecule has 190 valence electrons. The zero-order chi connectivity index (χ0) is 26.2. The predicted molar refractivity (Wildman–Crippen MR) is 135 cm³/mol. The van der Waals surface area contributed by atoms with Crippen LogP contribution in [0.2, 0.25) is 0 Å². The number of anilines is 1. The van der Waals surface area contributed by atoms with Crippen molar-refractivity contribution in [2.75, 3.05) is 32.6 Å². The van der Waals surface area contributed by atoms with Gasteiger partial charge in [0.25, 0.3) is 11.8 Å². The van der Waals surface area contributed by atoms with Crippen LogP contribution < -0.4 is 10.1 Å². The Kier molecular flexibility index (Phi) is 6.24. The van der Waals surface area contributed by atoms with Crippen LogP contribution in [0.15, 0.2) is 60.9 Å². The van der Waals surface area contributed by atoms with E-state index in [1.54, 1.807) is 31.5 Å². The standard InChI is InChI=1S/C27H24F2N4O4/c1-36-23-6-4-3-5-18(23)21-14-31-24-19(21)12-17(13-30-24)16-7-8-22(32-26(35)37-2)20(11-16)25(34)33-10-9-27(28,29)15-33/h3-8,11-14H,9-10,15H2,1-2H3,(H,30,31)(H,32,35). The number of hydrogen-bond acceptors (Lipinski definition) is 5. The lowest BCUT2D eigenvalue weighted by Gasteiger charge is -2.19. The Morgan fingerprint density at radius 2 is 1.89 bits per heavy atom. The number of carbonyl (C=O) groups excluding carboxylic acids is 2. The first-order chi connectivity index (χ1) is 17.8. The fourth-order valence-electron chi connectivity index (χ4n) is 4.50. The first-order valence-electron chi connectivity index (χ1n) is 11.6. The van der Waals surface area contributed by atoms with Gasteiger partial charge in [-0.3, -0.25) is 10.1 Å². The van der Waals surface area contributed by atoms with Gasteiger partial charge in [-0.1, -0.05) is 24.3 Å². The molecule has 37 heavy (non-hydrogen) atoms. The number of methoxy groups -OCH3 is 2. The fraction of sp³-hybridized carbons (Fsp3) is 0.222. The SMILES string of the molecule is COC(=O)Nc1ccc(-c2cnc3[nH]cc(-c4ccccc4OC)c3c2)cc1C(=O)N1CCC(F)(F)C1. The molecule has 0 aliphatic carbocycles. The minimum Gasteiger partial charge on any atom is -0.496 e. The monoisotopic (exact) mass is 506 g/mol. The number of ether oxygens (including phenoxy) is 2. The fourth-order valence-corrected chi connectivity index (χ4v) is 4.50. The van der Waals surface area contributed by atoms with Gasteiger partial charge in [0.15, 0.2) is 0 Å². The Hall–Kier alpha value is -4.47. The summed E-state index contributed by atoms with van der Waals surface area (Å²) in [5, 5.41) is 3.34. The Morgan fingerprint density at radius 3 is 2.62 bits per heavy atom. The molecule has 0 atom stereocenters. The lowest BCUT2D eigenvalue weighted by atomic mass is 9.99. The quantitative estimate of drug-likeness (QED) is 0.369. The summed E-state index contributed by atoms with van der Waals surface area (Å²) in [5.74, 6) is -2.83. The summed E-state index contributed by atoms with van der Waals surface area (Å²) in [6.45, 7) is -0.750. The molecule has 3 heterocycles. The maximum atomic E-state index is 13.8. The minimum absolute atomic E-state index is 0.0765. The van der Waals surface area contributed by atoms with Crippen molar-refractivity contribution in [3.05, 3.63) is 66.5 Å².